The third-order valence-corrected chi connectivity index (χ3v) is 6.58. The summed E-state index contributed by atoms with van der Waals surface area (Å²) in [6.07, 6.45) is 1.78. The number of aromatic carboxylic acids is 1. The normalized spacial score (nSPS) is 16.3. The van der Waals surface area contributed by atoms with Gasteiger partial charge in [-0.3, -0.25) is 9.52 Å². The molecule has 1 amide bonds. The number of carbonyl (C=O) groups excluding carboxylic acids is 1. The summed E-state index contributed by atoms with van der Waals surface area (Å²) < 4.78 is 34.0. The van der Waals surface area contributed by atoms with E-state index in [1.165, 1.54) is 18.2 Å². The molecule has 1 atom stereocenters. The van der Waals surface area contributed by atoms with Gasteiger partial charge in [0.05, 0.1) is 27.8 Å². The van der Waals surface area contributed by atoms with E-state index in [4.69, 9.17) is 4.74 Å². The second-order valence-electron chi connectivity index (χ2n) is 7.22. The molecule has 1 unspecified atom stereocenters. The average Bonchev–Trinajstić information content (AvgIpc) is 3.21. The van der Waals surface area contributed by atoms with Crippen LogP contribution in [0.15, 0.2) is 41.3 Å². The maximum absolute atomic E-state index is 13.0. The van der Waals surface area contributed by atoms with Crippen molar-refractivity contribution in [1.82, 2.24) is 5.32 Å². The Morgan fingerprint density at radius 2 is 1.93 bits per heavy atom. The molecule has 3 N–H and O–H groups in total. The minimum Gasteiger partial charge on any atom is -0.478 e. The van der Waals surface area contributed by atoms with Crippen LogP contribution in [-0.2, 0) is 14.8 Å². The van der Waals surface area contributed by atoms with Gasteiger partial charge in [0.25, 0.3) is 15.9 Å². The first-order chi connectivity index (χ1) is 14.2. The van der Waals surface area contributed by atoms with E-state index in [1.807, 2.05) is 0 Å². The second-order valence-corrected chi connectivity index (χ2v) is 8.87. The van der Waals surface area contributed by atoms with Crippen LogP contribution in [0.25, 0.3) is 0 Å². The number of rotatable bonds is 7. The minimum absolute atomic E-state index is 0.0396. The van der Waals surface area contributed by atoms with E-state index < -0.39 is 21.9 Å². The molecule has 0 spiro atoms. The highest BCUT2D eigenvalue weighted by Gasteiger charge is 2.24. The summed E-state index contributed by atoms with van der Waals surface area (Å²) in [4.78, 5) is 23.8. The van der Waals surface area contributed by atoms with E-state index in [9.17, 15) is 23.1 Å². The van der Waals surface area contributed by atoms with Crippen molar-refractivity contribution in [3.05, 3.63) is 58.7 Å². The Morgan fingerprint density at radius 1 is 1.20 bits per heavy atom. The molecule has 0 aromatic heterocycles. The number of hydrogen-bond acceptors (Lipinski definition) is 5. The number of nitrogens with one attached hydrogen (secondary N) is 2. The molecule has 0 bridgehead atoms. The fourth-order valence-corrected chi connectivity index (χ4v) is 4.73. The van der Waals surface area contributed by atoms with Gasteiger partial charge in [-0.2, -0.15) is 0 Å². The van der Waals surface area contributed by atoms with Crippen LogP contribution < -0.4 is 10.0 Å². The molecule has 8 nitrogen and oxygen atoms in total. The molecular formula is C21H24N2O6S. The van der Waals surface area contributed by atoms with E-state index in [0.29, 0.717) is 24.3 Å². The maximum atomic E-state index is 13.0. The Kier molecular flexibility index (Phi) is 6.42. The van der Waals surface area contributed by atoms with Crippen molar-refractivity contribution in [2.75, 3.05) is 17.9 Å². The summed E-state index contributed by atoms with van der Waals surface area (Å²) in [7, 11) is -4.13. The lowest BCUT2D eigenvalue weighted by molar-refractivity contribution is 0.0696. The molecule has 3 rings (SSSR count). The summed E-state index contributed by atoms with van der Waals surface area (Å²) in [5.74, 6) is -1.64. The van der Waals surface area contributed by atoms with Gasteiger partial charge in [-0.25, -0.2) is 13.2 Å². The first-order valence-corrected chi connectivity index (χ1v) is 11.0. The lowest BCUT2D eigenvalue weighted by Crippen LogP contribution is -2.32. The number of aryl methyl sites for hydroxylation is 1. The Bertz CT molecular complexity index is 1070. The fraction of sp³-hybridized carbons (Fsp3) is 0.333. The molecule has 1 aliphatic rings. The molecule has 0 aliphatic carbocycles. The molecular weight excluding hydrogens is 408 g/mol. The molecule has 9 heteroatoms. The third kappa shape index (κ3) is 4.80. The van der Waals surface area contributed by atoms with Gasteiger partial charge in [-0.1, -0.05) is 12.1 Å². The summed E-state index contributed by atoms with van der Waals surface area (Å²) in [5, 5.41) is 12.0. The van der Waals surface area contributed by atoms with Crippen molar-refractivity contribution >= 4 is 27.6 Å². The molecule has 1 saturated heterocycles. The van der Waals surface area contributed by atoms with E-state index >= 15 is 0 Å². The van der Waals surface area contributed by atoms with E-state index in [1.54, 1.807) is 26.0 Å². The molecule has 0 radical (unpaired) electrons. The zero-order chi connectivity index (χ0) is 21.9. The highest BCUT2D eigenvalue weighted by molar-refractivity contribution is 7.92. The molecule has 2 aromatic rings. The van der Waals surface area contributed by atoms with Gasteiger partial charge in [0.2, 0.25) is 0 Å². The Morgan fingerprint density at radius 3 is 2.60 bits per heavy atom. The van der Waals surface area contributed by atoms with E-state index in [0.717, 1.165) is 18.9 Å². The van der Waals surface area contributed by atoms with Gasteiger partial charge in [0, 0.05) is 13.2 Å². The zero-order valence-electron chi connectivity index (χ0n) is 16.8. The fourth-order valence-electron chi connectivity index (χ4n) is 3.31. The van der Waals surface area contributed by atoms with Gasteiger partial charge in [0.1, 0.15) is 0 Å². The van der Waals surface area contributed by atoms with Gasteiger partial charge < -0.3 is 15.2 Å². The number of carboxylic acids is 1. The van der Waals surface area contributed by atoms with Crippen LogP contribution in [0.2, 0.25) is 0 Å². The highest BCUT2D eigenvalue weighted by Crippen LogP contribution is 2.25. The van der Waals surface area contributed by atoms with Crippen molar-refractivity contribution in [3.63, 3.8) is 0 Å². The predicted octanol–water partition coefficient (Wildman–Crippen LogP) is 2.71. The quantitative estimate of drug-likeness (QED) is 0.618. The molecule has 1 fully saturated rings. The van der Waals surface area contributed by atoms with Crippen LogP contribution >= 0.6 is 0 Å². The number of anilines is 1. The van der Waals surface area contributed by atoms with E-state index in [-0.39, 0.29) is 27.8 Å². The number of benzene rings is 2. The lowest BCUT2D eigenvalue weighted by atomic mass is 10.1. The Labute approximate surface area is 175 Å². The number of hydrogen-bond donors (Lipinski definition) is 3. The summed E-state index contributed by atoms with van der Waals surface area (Å²) in [5.41, 5.74) is 1.13. The molecule has 30 heavy (non-hydrogen) atoms. The van der Waals surface area contributed by atoms with Gasteiger partial charge in [-0.05, 0) is 62.1 Å². The number of sulfonamides is 1. The van der Waals surface area contributed by atoms with Crippen molar-refractivity contribution in [3.8, 4) is 0 Å². The van der Waals surface area contributed by atoms with Gasteiger partial charge in [-0.15, -0.1) is 0 Å². The maximum Gasteiger partial charge on any atom is 0.335 e. The molecule has 160 valence electrons. The van der Waals surface area contributed by atoms with E-state index in [2.05, 4.69) is 10.0 Å². The van der Waals surface area contributed by atoms with Crippen molar-refractivity contribution < 1.29 is 27.9 Å². The zero-order valence-corrected chi connectivity index (χ0v) is 17.6. The number of para-hydroxylation sites is 1. The standard InChI is InChI=1S/C21H24N2O6S/c1-13-10-15(21(25)26)11-19(14(13)2)30(27,28)23-18-8-4-3-7-17(18)20(24)22-12-16-6-5-9-29-16/h3-4,7-8,10-11,16,23H,5-6,9,12H2,1-2H3,(H,22,24)(H,25,26). The smallest absolute Gasteiger partial charge is 0.335 e. The molecule has 1 heterocycles. The predicted molar refractivity (Wildman–Crippen MR) is 111 cm³/mol. The topological polar surface area (TPSA) is 122 Å². The second kappa shape index (κ2) is 8.85. The third-order valence-electron chi connectivity index (χ3n) is 5.09. The summed E-state index contributed by atoms with van der Waals surface area (Å²) >= 11 is 0. The van der Waals surface area contributed by atoms with Crippen LogP contribution in [0.4, 0.5) is 5.69 Å². The minimum atomic E-state index is -4.13. The van der Waals surface area contributed by atoms with Gasteiger partial charge >= 0.3 is 5.97 Å². The number of ether oxygens (including phenoxy) is 1. The lowest BCUT2D eigenvalue weighted by Gasteiger charge is -2.16. The number of amides is 1. The highest BCUT2D eigenvalue weighted by atomic mass is 32.2. The van der Waals surface area contributed by atoms with Gasteiger partial charge in [0.15, 0.2) is 0 Å². The first-order valence-electron chi connectivity index (χ1n) is 9.55. The van der Waals surface area contributed by atoms with Crippen LogP contribution in [0, 0.1) is 13.8 Å². The van der Waals surface area contributed by atoms with Crippen LogP contribution in [-0.4, -0.2) is 44.7 Å². The molecule has 2 aromatic carbocycles. The Balaban J connectivity index is 1.87. The van der Waals surface area contributed by atoms with Crippen molar-refractivity contribution in [2.24, 2.45) is 0 Å². The number of carbonyl (C=O) groups is 2. The summed E-state index contributed by atoms with van der Waals surface area (Å²) in [6.45, 7) is 4.27. The van der Waals surface area contributed by atoms with Crippen LogP contribution in [0.3, 0.4) is 0 Å². The van der Waals surface area contributed by atoms with Crippen molar-refractivity contribution in [2.45, 2.75) is 37.7 Å². The largest absolute Gasteiger partial charge is 0.478 e. The van der Waals surface area contributed by atoms with Crippen LogP contribution in [0.5, 0.6) is 0 Å². The first kappa shape index (κ1) is 21.8. The van der Waals surface area contributed by atoms with Crippen LogP contribution in [0.1, 0.15) is 44.7 Å². The SMILES string of the molecule is Cc1cc(C(=O)O)cc(S(=O)(=O)Nc2ccccc2C(=O)NCC2CCCO2)c1C. The monoisotopic (exact) mass is 432 g/mol. The molecule has 0 saturated carbocycles. The summed E-state index contributed by atoms with van der Waals surface area (Å²) in [6, 6.07) is 8.80. The average molecular weight is 432 g/mol. The molecule has 1 aliphatic heterocycles. The van der Waals surface area contributed by atoms with Crippen molar-refractivity contribution in [1.29, 1.82) is 0 Å². The number of carboxylic acid groups (broad SMARTS) is 1. The Hall–Kier alpha value is -2.91.